The first kappa shape index (κ1) is 14.1. The second-order valence-corrected chi connectivity index (χ2v) is 4.94. The number of hydrogen-bond acceptors (Lipinski definition) is 7. The molecule has 0 N–H and O–H groups in total. The van der Waals surface area contributed by atoms with Gasteiger partial charge < -0.3 is 4.42 Å². The average Bonchev–Trinajstić information content (AvgIpc) is 3.25. The Bertz CT molecular complexity index is 1000. The molecule has 0 spiro atoms. The maximum absolute atomic E-state index is 11.9. The summed E-state index contributed by atoms with van der Waals surface area (Å²) in [6.07, 6.45) is 4.63. The van der Waals surface area contributed by atoms with Gasteiger partial charge in [-0.2, -0.15) is 0 Å². The van der Waals surface area contributed by atoms with Gasteiger partial charge in [-0.1, -0.05) is 23.4 Å². The Kier molecular flexibility index (Phi) is 3.47. The normalized spacial score (nSPS) is 10.8. The van der Waals surface area contributed by atoms with E-state index in [1.54, 1.807) is 18.5 Å². The summed E-state index contributed by atoms with van der Waals surface area (Å²) in [7, 11) is 0. The summed E-state index contributed by atoms with van der Waals surface area (Å²) in [5.74, 6) is 0.411. The van der Waals surface area contributed by atoms with Crippen LogP contribution < -0.4 is 5.76 Å². The Hall–Kier alpha value is -3.55. The fourth-order valence-corrected chi connectivity index (χ4v) is 2.24. The predicted molar refractivity (Wildman–Crippen MR) is 82.8 cm³/mol. The molecule has 0 unspecified atom stereocenters. The molecule has 0 aliphatic rings. The molecule has 4 aromatic rings. The van der Waals surface area contributed by atoms with Crippen LogP contribution in [0.4, 0.5) is 0 Å². The van der Waals surface area contributed by atoms with Crippen molar-refractivity contribution in [3.8, 4) is 23.1 Å². The Morgan fingerprint density at radius 1 is 1.04 bits per heavy atom. The highest BCUT2D eigenvalue weighted by Crippen LogP contribution is 2.19. The largest absolute Gasteiger partial charge is 0.444 e. The number of oxazole rings is 1. The summed E-state index contributed by atoms with van der Waals surface area (Å²) >= 11 is 0. The maximum atomic E-state index is 11.9. The number of benzene rings is 1. The SMILES string of the molecule is O=c1onc(-c2ncccn2)n1Cc1coc(-c2ccccc2)n1. The van der Waals surface area contributed by atoms with Crippen LogP contribution in [0.25, 0.3) is 23.1 Å². The third-order valence-corrected chi connectivity index (χ3v) is 3.34. The van der Waals surface area contributed by atoms with E-state index >= 15 is 0 Å². The molecule has 1 aromatic carbocycles. The van der Waals surface area contributed by atoms with Crippen LogP contribution in [0.3, 0.4) is 0 Å². The minimum Gasteiger partial charge on any atom is -0.444 e. The molecule has 0 aliphatic heterocycles. The van der Waals surface area contributed by atoms with Gasteiger partial charge in [0.15, 0.2) is 5.82 Å². The minimum absolute atomic E-state index is 0.145. The Balaban J connectivity index is 1.67. The molecule has 0 atom stereocenters. The highest BCUT2D eigenvalue weighted by Gasteiger charge is 2.17. The third-order valence-electron chi connectivity index (χ3n) is 3.34. The van der Waals surface area contributed by atoms with Crippen molar-refractivity contribution in [3.05, 3.63) is 71.3 Å². The van der Waals surface area contributed by atoms with E-state index in [0.717, 1.165) is 5.56 Å². The summed E-state index contributed by atoms with van der Waals surface area (Å²) in [5.41, 5.74) is 1.42. The Morgan fingerprint density at radius 2 is 1.83 bits per heavy atom. The van der Waals surface area contributed by atoms with E-state index in [2.05, 4.69) is 20.1 Å². The second-order valence-electron chi connectivity index (χ2n) is 4.94. The van der Waals surface area contributed by atoms with Crippen molar-refractivity contribution >= 4 is 0 Å². The second kappa shape index (κ2) is 5.92. The number of nitrogens with zero attached hydrogens (tertiary/aromatic N) is 5. The summed E-state index contributed by atoms with van der Waals surface area (Å²) < 4.78 is 11.5. The van der Waals surface area contributed by atoms with Crippen LogP contribution in [0, 0.1) is 0 Å². The highest BCUT2D eigenvalue weighted by molar-refractivity contribution is 5.52. The van der Waals surface area contributed by atoms with Crippen molar-refractivity contribution in [2.45, 2.75) is 6.54 Å². The minimum atomic E-state index is -0.610. The van der Waals surface area contributed by atoms with Gasteiger partial charge in [-0.25, -0.2) is 24.3 Å². The predicted octanol–water partition coefficient (Wildman–Crippen LogP) is 2.00. The van der Waals surface area contributed by atoms with Crippen LogP contribution in [-0.2, 0) is 6.54 Å². The lowest BCUT2D eigenvalue weighted by atomic mass is 10.2. The van der Waals surface area contributed by atoms with E-state index in [4.69, 9.17) is 8.94 Å². The first-order chi connectivity index (χ1) is 11.8. The van der Waals surface area contributed by atoms with E-state index in [9.17, 15) is 4.79 Å². The van der Waals surface area contributed by atoms with Crippen molar-refractivity contribution in [2.24, 2.45) is 0 Å². The molecular weight excluding hydrogens is 310 g/mol. The lowest BCUT2D eigenvalue weighted by Crippen LogP contribution is -2.17. The van der Waals surface area contributed by atoms with E-state index in [0.29, 0.717) is 17.4 Å². The molecule has 8 heteroatoms. The first-order valence-corrected chi connectivity index (χ1v) is 7.15. The van der Waals surface area contributed by atoms with Crippen LogP contribution in [0.15, 0.2) is 68.8 Å². The molecule has 0 fully saturated rings. The average molecular weight is 321 g/mol. The lowest BCUT2D eigenvalue weighted by molar-refractivity contribution is 0.378. The van der Waals surface area contributed by atoms with Crippen LogP contribution in [0.1, 0.15) is 5.69 Å². The van der Waals surface area contributed by atoms with E-state index < -0.39 is 5.76 Å². The molecule has 0 saturated heterocycles. The summed E-state index contributed by atoms with van der Waals surface area (Å²) in [6, 6.07) is 11.2. The quantitative estimate of drug-likeness (QED) is 0.566. The van der Waals surface area contributed by atoms with Crippen LogP contribution in [0.5, 0.6) is 0 Å². The highest BCUT2D eigenvalue weighted by atomic mass is 16.5. The van der Waals surface area contributed by atoms with Gasteiger partial charge in [0.25, 0.3) is 0 Å². The third kappa shape index (κ3) is 2.60. The lowest BCUT2D eigenvalue weighted by Gasteiger charge is -2.00. The zero-order valence-corrected chi connectivity index (χ0v) is 12.4. The van der Waals surface area contributed by atoms with Gasteiger partial charge in [0.05, 0.1) is 12.2 Å². The molecule has 8 nitrogen and oxygen atoms in total. The van der Waals surface area contributed by atoms with Gasteiger partial charge in [0.1, 0.15) is 6.26 Å². The molecule has 24 heavy (non-hydrogen) atoms. The zero-order valence-electron chi connectivity index (χ0n) is 12.4. The van der Waals surface area contributed by atoms with Gasteiger partial charge in [-0.3, -0.25) is 4.52 Å². The molecule has 4 rings (SSSR count). The number of aromatic nitrogens is 5. The van der Waals surface area contributed by atoms with Gasteiger partial charge in [-0.05, 0) is 18.2 Å². The van der Waals surface area contributed by atoms with Gasteiger partial charge >= 0.3 is 5.76 Å². The fraction of sp³-hybridized carbons (Fsp3) is 0.0625. The summed E-state index contributed by atoms with van der Waals surface area (Å²) in [4.78, 5) is 24.5. The smallest absolute Gasteiger partial charge is 0.442 e. The first-order valence-electron chi connectivity index (χ1n) is 7.15. The fourth-order valence-electron chi connectivity index (χ4n) is 2.24. The van der Waals surface area contributed by atoms with Crippen LogP contribution in [0.2, 0.25) is 0 Å². The van der Waals surface area contributed by atoms with Crippen LogP contribution in [-0.4, -0.2) is 24.7 Å². The number of hydrogen-bond donors (Lipinski definition) is 0. The van der Waals surface area contributed by atoms with Crippen molar-refractivity contribution < 1.29 is 8.94 Å². The van der Waals surface area contributed by atoms with Crippen molar-refractivity contribution in [2.75, 3.05) is 0 Å². The monoisotopic (exact) mass is 321 g/mol. The van der Waals surface area contributed by atoms with Crippen molar-refractivity contribution in [1.82, 2.24) is 24.7 Å². The number of rotatable bonds is 4. The molecule has 0 saturated carbocycles. The van der Waals surface area contributed by atoms with Crippen molar-refractivity contribution in [3.63, 3.8) is 0 Å². The van der Waals surface area contributed by atoms with E-state index in [1.807, 2.05) is 30.3 Å². The summed E-state index contributed by atoms with van der Waals surface area (Å²) in [6.45, 7) is 0.145. The standard InChI is InChI=1S/C16H11N5O3/c22-16-21(14(20-24-16)13-17-7-4-8-18-13)9-12-10-23-15(19-12)11-5-2-1-3-6-11/h1-8,10H,9H2. The topological polar surface area (TPSA) is 99.8 Å². The van der Waals surface area contributed by atoms with Gasteiger partial charge in [-0.15, -0.1) is 0 Å². The molecule has 0 aliphatic carbocycles. The zero-order chi connectivity index (χ0) is 16.4. The molecule has 0 bridgehead atoms. The molecule has 3 heterocycles. The van der Waals surface area contributed by atoms with E-state index in [-0.39, 0.29) is 12.4 Å². The molecule has 0 amide bonds. The van der Waals surface area contributed by atoms with Crippen LogP contribution >= 0.6 is 0 Å². The molecule has 118 valence electrons. The van der Waals surface area contributed by atoms with E-state index in [1.165, 1.54) is 10.8 Å². The maximum Gasteiger partial charge on any atom is 0.442 e. The molecule has 3 aromatic heterocycles. The van der Waals surface area contributed by atoms with Gasteiger partial charge in [0, 0.05) is 18.0 Å². The van der Waals surface area contributed by atoms with Crippen molar-refractivity contribution in [1.29, 1.82) is 0 Å². The Morgan fingerprint density at radius 3 is 2.62 bits per heavy atom. The van der Waals surface area contributed by atoms with Gasteiger partial charge in [0.2, 0.25) is 11.7 Å². The summed E-state index contributed by atoms with van der Waals surface area (Å²) in [5, 5.41) is 3.74. The molecule has 0 radical (unpaired) electrons. The Labute approximate surface area is 135 Å². The molecular formula is C16H11N5O3.